The molecule has 6 aromatic rings. The van der Waals surface area contributed by atoms with Crippen LogP contribution in [0.5, 0.6) is 0 Å². The third-order valence-corrected chi connectivity index (χ3v) is 8.15. The first kappa shape index (κ1) is 26.1. The summed E-state index contributed by atoms with van der Waals surface area (Å²) in [5, 5.41) is 12.0. The van der Waals surface area contributed by atoms with Crippen LogP contribution in [-0.4, -0.2) is 60.8 Å². The number of piperidine rings is 1. The number of aromatic amines is 1. The summed E-state index contributed by atoms with van der Waals surface area (Å²) in [4.78, 5) is 29.1. The van der Waals surface area contributed by atoms with Crippen molar-refractivity contribution in [2.75, 3.05) is 31.3 Å². The number of aromatic nitrogens is 6. The van der Waals surface area contributed by atoms with Gasteiger partial charge < -0.3 is 16.1 Å². The van der Waals surface area contributed by atoms with E-state index in [1.165, 1.54) is 0 Å². The average molecular weight is 578 g/mol. The fourth-order valence-corrected chi connectivity index (χ4v) is 5.78. The van der Waals surface area contributed by atoms with Crippen molar-refractivity contribution in [2.24, 2.45) is 5.92 Å². The molecule has 10 nitrogen and oxygen atoms in total. The zero-order valence-electron chi connectivity index (χ0n) is 22.9. The number of halogens is 1. The van der Waals surface area contributed by atoms with Crippen LogP contribution >= 0.6 is 11.6 Å². The number of hydrogen-bond donors (Lipinski definition) is 3. The van der Waals surface area contributed by atoms with Gasteiger partial charge in [-0.3, -0.25) is 14.9 Å². The van der Waals surface area contributed by atoms with E-state index in [0.29, 0.717) is 27.9 Å². The van der Waals surface area contributed by atoms with Gasteiger partial charge in [0.15, 0.2) is 11.5 Å². The maximum absolute atomic E-state index is 12.9. The van der Waals surface area contributed by atoms with Crippen LogP contribution in [0, 0.1) is 5.92 Å². The molecule has 0 radical (unpaired) electrons. The van der Waals surface area contributed by atoms with Gasteiger partial charge in [0, 0.05) is 40.0 Å². The van der Waals surface area contributed by atoms with Gasteiger partial charge in [0.2, 0.25) is 5.91 Å². The number of carbonyl (C=O) groups is 1. The number of nitrogens with two attached hydrogens (primary N) is 1. The van der Waals surface area contributed by atoms with E-state index in [1.807, 2.05) is 54.6 Å². The Morgan fingerprint density at radius 1 is 1.02 bits per heavy atom. The second-order valence-electron chi connectivity index (χ2n) is 10.7. The van der Waals surface area contributed by atoms with Gasteiger partial charge in [-0.1, -0.05) is 35.9 Å². The highest BCUT2D eigenvalue weighted by atomic mass is 35.5. The Bertz CT molecular complexity index is 1960. The zero-order valence-corrected chi connectivity index (χ0v) is 23.6. The van der Waals surface area contributed by atoms with E-state index in [9.17, 15) is 4.79 Å². The number of amides is 1. The molecule has 0 unspecified atom stereocenters. The van der Waals surface area contributed by atoms with Gasteiger partial charge in [-0.05, 0) is 68.9 Å². The van der Waals surface area contributed by atoms with Gasteiger partial charge in [-0.2, -0.15) is 5.10 Å². The number of pyridine rings is 2. The predicted molar refractivity (Wildman–Crippen MR) is 165 cm³/mol. The highest BCUT2D eigenvalue weighted by molar-refractivity contribution is 6.30. The first-order valence-corrected chi connectivity index (χ1v) is 14.1. The molecule has 1 aliphatic rings. The van der Waals surface area contributed by atoms with Crippen LogP contribution in [0.1, 0.15) is 12.8 Å². The van der Waals surface area contributed by atoms with E-state index in [-0.39, 0.29) is 11.8 Å². The van der Waals surface area contributed by atoms with E-state index >= 15 is 0 Å². The predicted octanol–water partition coefficient (Wildman–Crippen LogP) is 5.35. The molecule has 1 amide bonds. The molecule has 0 aliphatic carbocycles. The normalized spacial score (nSPS) is 14.5. The van der Waals surface area contributed by atoms with Crippen LogP contribution in [0.2, 0.25) is 5.02 Å². The highest BCUT2D eigenvalue weighted by Crippen LogP contribution is 2.34. The maximum atomic E-state index is 12.9. The summed E-state index contributed by atoms with van der Waals surface area (Å²) in [6.07, 6.45) is 6.88. The quantitative estimate of drug-likeness (QED) is 0.235. The first-order chi connectivity index (χ1) is 20.4. The smallest absolute Gasteiger partial charge is 0.227 e. The van der Waals surface area contributed by atoms with Gasteiger partial charge in [0.05, 0.1) is 28.3 Å². The van der Waals surface area contributed by atoms with E-state index in [2.05, 4.69) is 37.4 Å². The summed E-state index contributed by atoms with van der Waals surface area (Å²) in [5.41, 5.74) is 6.86. The molecular weight excluding hydrogens is 550 g/mol. The second-order valence-corrected chi connectivity index (χ2v) is 11.1. The SMILES string of the molecule is CN1CCC(C(=O)Nc2cncc(-c3cnc4[nH]nc(-c5nc6c(-c7cccc(Cl)c7)cccc6n5N)c4c3)c2)CC1. The second kappa shape index (κ2) is 10.6. The standard InChI is InChI=1S/C31H28ClN9O/c1-40-10-8-18(9-11-40)31(42)36-23-13-20(15-34-17-23)21-14-25-28(38-39-29(25)35-16-21)30-37-27-24(6-3-7-26(27)41(30)33)19-4-2-5-22(32)12-19/h2-7,12-18H,8-11,33H2,1H3,(H,36,42)(H,35,38,39). The lowest BCUT2D eigenvalue weighted by atomic mass is 9.96. The number of hydrogen-bond acceptors (Lipinski definition) is 7. The summed E-state index contributed by atoms with van der Waals surface area (Å²) in [7, 11) is 2.08. The molecule has 5 heterocycles. The molecule has 4 aromatic heterocycles. The van der Waals surface area contributed by atoms with E-state index in [1.54, 1.807) is 23.3 Å². The molecule has 0 atom stereocenters. The van der Waals surface area contributed by atoms with Crippen LogP contribution in [-0.2, 0) is 4.79 Å². The Kier molecular flexibility index (Phi) is 6.56. The molecule has 0 bridgehead atoms. The third-order valence-electron chi connectivity index (χ3n) is 7.91. The summed E-state index contributed by atoms with van der Waals surface area (Å²) in [6, 6.07) is 17.4. The lowest BCUT2D eigenvalue weighted by Crippen LogP contribution is -2.35. The summed E-state index contributed by atoms with van der Waals surface area (Å²) >= 11 is 6.27. The molecule has 4 N–H and O–H groups in total. The van der Waals surface area contributed by atoms with Gasteiger partial charge >= 0.3 is 0 Å². The number of anilines is 1. The van der Waals surface area contributed by atoms with Crippen molar-refractivity contribution in [2.45, 2.75) is 12.8 Å². The number of para-hydroxylation sites is 1. The lowest BCUT2D eigenvalue weighted by Gasteiger charge is -2.28. The highest BCUT2D eigenvalue weighted by Gasteiger charge is 2.24. The Balaban J connectivity index is 1.23. The van der Waals surface area contributed by atoms with Crippen molar-refractivity contribution in [1.82, 2.24) is 34.7 Å². The number of imidazole rings is 1. The lowest BCUT2D eigenvalue weighted by molar-refractivity contribution is -0.121. The minimum absolute atomic E-state index is 0.00581. The van der Waals surface area contributed by atoms with Crippen molar-refractivity contribution in [3.8, 4) is 33.8 Å². The first-order valence-electron chi connectivity index (χ1n) is 13.8. The largest absolute Gasteiger partial charge is 0.337 e. The molecule has 0 saturated carbocycles. The Morgan fingerprint density at radius 3 is 2.67 bits per heavy atom. The number of fused-ring (bicyclic) bond motifs is 2. The van der Waals surface area contributed by atoms with Gasteiger partial charge in [-0.15, -0.1) is 0 Å². The fraction of sp³-hybridized carbons (Fsp3) is 0.194. The number of nitrogens with zero attached hydrogens (tertiary/aromatic N) is 6. The van der Waals surface area contributed by atoms with Crippen LogP contribution in [0.3, 0.4) is 0 Å². The third kappa shape index (κ3) is 4.74. The van der Waals surface area contributed by atoms with Crippen molar-refractivity contribution < 1.29 is 4.79 Å². The molecule has 11 heteroatoms. The van der Waals surface area contributed by atoms with Crippen molar-refractivity contribution in [3.05, 3.63) is 78.2 Å². The molecule has 1 saturated heterocycles. The fourth-order valence-electron chi connectivity index (χ4n) is 5.59. The average Bonchev–Trinajstić information content (AvgIpc) is 3.57. The van der Waals surface area contributed by atoms with E-state index < -0.39 is 0 Å². The maximum Gasteiger partial charge on any atom is 0.227 e. The zero-order chi connectivity index (χ0) is 28.8. The summed E-state index contributed by atoms with van der Waals surface area (Å²) in [5.74, 6) is 7.13. The molecule has 7 rings (SSSR count). The van der Waals surface area contributed by atoms with Gasteiger partial charge in [0.25, 0.3) is 0 Å². The van der Waals surface area contributed by atoms with Gasteiger partial charge in [0.1, 0.15) is 5.69 Å². The van der Waals surface area contributed by atoms with Crippen LogP contribution in [0.15, 0.2) is 73.2 Å². The summed E-state index contributed by atoms with van der Waals surface area (Å²) in [6.45, 7) is 1.85. The number of H-pyrrole nitrogens is 1. The molecule has 2 aromatic carbocycles. The summed E-state index contributed by atoms with van der Waals surface area (Å²) < 4.78 is 1.55. The Labute approximate surface area is 246 Å². The van der Waals surface area contributed by atoms with Crippen molar-refractivity contribution >= 4 is 45.3 Å². The number of benzene rings is 2. The number of rotatable bonds is 5. The molecule has 210 valence electrons. The monoisotopic (exact) mass is 577 g/mol. The number of likely N-dealkylation sites (tertiary alicyclic amines) is 1. The molecule has 42 heavy (non-hydrogen) atoms. The molecule has 0 spiro atoms. The molecular formula is C31H28ClN9O. The topological polar surface area (TPSA) is 131 Å². The van der Waals surface area contributed by atoms with Crippen molar-refractivity contribution in [1.29, 1.82) is 0 Å². The van der Waals surface area contributed by atoms with Crippen molar-refractivity contribution in [3.63, 3.8) is 0 Å². The Morgan fingerprint density at radius 2 is 1.83 bits per heavy atom. The van der Waals surface area contributed by atoms with E-state index in [4.69, 9.17) is 22.4 Å². The minimum atomic E-state index is 0.00581. The minimum Gasteiger partial charge on any atom is -0.337 e. The number of nitrogen functional groups attached to an aromatic ring is 1. The molecule has 1 aliphatic heterocycles. The van der Waals surface area contributed by atoms with Crippen LogP contribution in [0.4, 0.5) is 5.69 Å². The van der Waals surface area contributed by atoms with Gasteiger partial charge in [-0.25, -0.2) is 14.6 Å². The Hall–Kier alpha value is -4.80. The number of carbonyl (C=O) groups excluding carboxylic acids is 1. The van der Waals surface area contributed by atoms with E-state index in [0.717, 1.165) is 64.6 Å². The van der Waals surface area contributed by atoms with Crippen LogP contribution in [0.25, 0.3) is 55.8 Å². The number of nitrogens with one attached hydrogen (secondary N) is 2. The van der Waals surface area contributed by atoms with Crippen LogP contribution < -0.4 is 11.2 Å². The molecule has 1 fully saturated rings.